The van der Waals surface area contributed by atoms with Crippen molar-refractivity contribution in [3.8, 4) is 0 Å². The van der Waals surface area contributed by atoms with Crippen molar-refractivity contribution in [2.75, 3.05) is 5.32 Å². The van der Waals surface area contributed by atoms with Gasteiger partial charge in [-0.05, 0) is 12.1 Å². The fourth-order valence-corrected chi connectivity index (χ4v) is 2.07. The first-order valence-electron chi connectivity index (χ1n) is 6.04. The Morgan fingerprint density at radius 3 is 2.90 bits per heavy atom. The number of imidazole rings is 1. The molecule has 0 saturated heterocycles. The van der Waals surface area contributed by atoms with Crippen LogP contribution in [0, 0.1) is 10.1 Å². The monoisotopic (exact) mass is 287 g/mol. The number of H-pyrrole nitrogens is 2. The standard InChI is InChI=1S/C12H10N6O3/c1-17-8-5-3-2-4-7(8)14-12(17)15-11(19)10-9(18(20)21)6-13-16-10/h2-6H,1H3,(H2,13,14,15,16,19)/p+1. The van der Waals surface area contributed by atoms with Gasteiger partial charge >= 0.3 is 17.5 Å². The summed E-state index contributed by atoms with van der Waals surface area (Å²) < 4.78 is 1.75. The molecule has 0 unspecified atom stereocenters. The highest BCUT2D eigenvalue weighted by molar-refractivity contribution is 6.04. The first-order valence-corrected chi connectivity index (χ1v) is 6.04. The minimum absolute atomic E-state index is 0.196. The number of hydrogen-bond acceptors (Lipinski definition) is 4. The molecule has 9 nitrogen and oxygen atoms in total. The van der Waals surface area contributed by atoms with Gasteiger partial charge in [-0.15, -0.1) is 0 Å². The van der Waals surface area contributed by atoms with Gasteiger partial charge in [-0.2, -0.15) is 5.10 Å². The van der Waals surface area contributed by atoms with Crippen molar-refractivity contribution in [3.63, 3.8) is 0 Å². The molecule has 3 aromatic rings. The summed E-state index contributed by atoms with van der Waals surface area (Å²) >= 11 is 0. The number of para-hydroxylation sites is 2. The highest BCUT2D eigenvalue weighted by Gasteiger charge is 2.27. The molecule has 2 heterocycles. The molecule has 0 radical (unpaired) electrons. The van der Waals surface area contributed by atoms with Gasteiger partial charge in [0.05, 0.1) is 12.0 Å². The molecule has 0 aliphatic carbocycles. The SMILES string of the molecule is C[n+]1c(NC(=O)c2[nH]ncc2[N+](=O)[O-])[nH]c2ccccc21. The Balaban J connectivity index is 1.95. The van der Waals surface area contributed by atoms with E-state index >= 15 is 0 Å². The fourth-order valence-electron chi connectivity index (χ4n) is 2.07. The van der Waals surface area contributed by atoms with Crippen molar-refractivity contribution >= 4 is 28.6 Å². The summed E-state index contributed by atoms with van der Waals surface area (Å²) in [5.74, 6) is -0.216. The first kappa shape index (κ1) is 12.8. The van der Waals surface area contributed by atoms with E-state index in [-0.39, 0.29) is 11.4 Å². The first-order chi connectivity index (χ1) is 10.1. The predicted molar refractivity (Wildman–Crippen MR) is 72.7 cm³/mol. The van der Waals surface area contributed by atoms with Crippen LogP contribution < -0.4 is 9.88 Å². The van der Waals surface area contributed by atoms with E-state index in [1.807, 2.05) is 24.3 Å². The molecule has 1 aromatic carbocycles. The van der Waals surface area contributed by atoms with Gasteiger partial charge in [0.1, 0.15) is 17.2 Å². The summed E-state index contributed by atoms with van der Waals surface area (Å²) in [5.41, 5.74) is 1.17. The Hall–Kier alpha value is -3.23. The van der Waals surface area contributed by atoms with E-state index < -0.39 is 10.8 Å². The largest absolute Gasteiger partial charge is 0.363 e. The van der Waals surface area contributed by atoms with Crippen LogP contribution in [-0.2, 0) is 7.05 Å². The van der Waals surface area contributed by atoms with Crippen LogP contribution in [0.25, 0.3) is 11.0 Å². The number of benzene rings is 1. The molecule has 0 aliphatic heterocycles. The summed E-state index contributed by atoms with van der Waals surface area (Å²) in [7, 11) is 1.77. The Kier molecular flexibility index (Phi) is 2.87. The lowest BCUT2D eigenvalue weighted by atomic mass is 10.3. The second kappa shape index (κ2) is 4.71. The molecular formula is C12H11N6O3+. The van der Waals surface area contributed by atoms with Gasteiger partial charge in [-0.1, -0.05) is 12.1 Å². The van der Waals surface area contributed by atoms with Gasteiger partial charge in [0, 0.05) is 0 Å². The zero-order valence-electron chi connectivity index (χ0n) is 11.0. The second-order valence-electron chi connectivity index (χ2n) is 4.39. The number of nitrogens with zero attached hydrogens (tertiary/aromatic N) is 3. The average Bonchev–Trinajstić information content (AvgIpc) is 3.05. The molecule has 2 aromatic heterocycles. The highest BCUT2D eigenvalue weighted by atomic mass is 16.6. The fraction of sp³-hybridized carbons (Fsp3) is 0.0833. The molecule has 9 heteroatoms. The van der Waals surface area contributed by atoms with Gasteiger partial charge in [-0.3, -0.25) is 15.2 Å². The van der Waals surface area contributed by atoms with Crippen LogP contribution in [-0.4, -0.2) is 26.0 Å². The topological polar surface area (TPSA) is 121 Å². The van der Waals surface area contributed by atoms with Crippen molar-refractivity contribution in [2.45, 2.75) is 0 Å². The lowest BCUT2D eigenvalue weighted by molar-refractivity contribution is -0.629. The molecule has 0 atom stereocenters. The van der Waals surface area contributed by atoms with Crippen molar-refractivity contribution < 1.29 is 14.3 Å². The van der Waals surface area contributed by atoms with Crippen LogP contribution in [0.5, 0.6) is 0 Å². The number of carbonyl (C=O) groups is 1. The molecule has 0 bridgehead atoms. The maximum absolute atomic E-state index is 12.1. The Bertz CT molecular complexity index is 850. The molecule has 0 fully saturated rings. The zero-order chi connectivity index (χ0) is 15.0. The maximum Gasteiger partial charge on any atom is 0.363 e. The Morgan fingerprint density at radius 1 is 1.43 bits per heavy atom. The van der Waals surface area contributed by atoms with E-state index in [0.29, 0.717) is 5.95 Å². The molecule has 21 heavy (non-hydrogen) atoms. The van der Waals surface area contributed by atoms with Crippen molar-refractivity contribution in [1.29, 1.82) is 0 Å². The van der Waals surface area contributed by atoms with Crippen LogP contribution >= 0.6 is 0 Å². The third kappa shape index (κ3) is 2.10. The number of aromatic nitrogens is 4. The van der Waals surface area contributed by atoms with E-state index in [1.165, 1.54) is 0 Å². The van der Waals surface area contributed by atoms with Gasteiger partial charge in [0.15, 0.2) is 0 Å². The number of aromatic amines is 2. The van der Waals surface area contributed by atoms with Gasteiger partial charge in [0.25, 0.3) is 0 Å². The van der Waals surface area contributed by atoms with Gasteiger partial charge in [-0.25, -0.2) is 19.7 Å². The zero-order valence-corrected chi connectivity index (χ0v) is 11.0. The van der Waals surface area contributed by atoms with Gasteiger partial charge < -0.3 is 0 Å². The number of fused-ring (bicyclic) bond motifs is 1. The predicted octanol–water partition coefficient (Wildman–Crippen LogP) is 0.876. The smallest absolute Gasteiger partial charge is 0.266 e. The molecular weight excluding hydrogens is 276 g/mol. The molecule has 3 N–H and O–H groups in total. The van der Waals surface area contributed by atoms with E-state index in [4.69, 9.17) is 0 Å². The summed E-state index contributed by atoms with van der Waals surface area (Å²) in [6, 6.07) is 7.50. The van der Waals surface area contributed by atoms with E-state index in [1.54, 1.807) is 11.6 Å². The summed E-state index contributed by atoms with van der Waals surface area (Å²) in [5, 5.41) is 19.3. The molecule has 0 aliphatic rings. The molecule has 106 valence electrons. The minimum Gasteiger partial charge on any atom is -0.266 e. The lowest BCUT2D eigenvalue weighted by Crippen LogP contribution is -2.33. The summed E-state index contributed by atoms with van der Waals surface area (Å²) in [6.45, 7) is 0. The number of rotatable bonds is 3. The number of anilines is 1. The van der Waals surface area contributed by atoms with Crippen LogP contribution in [0.4, 0.5) is 11.6 Å². The Morgan fingerprint density at radius 2 is 2.19 bits per heavy atom. The third-order valence-corrected chi connectivity index (χ3v) is 3.13. The number of hydrogen-bond donors (Lipinski definition) is 3. The van der Waals surface area contributed by atoms with E-state index in [0.717, 1.165) is 17.2 Å². The lowest BCUT2D eigenvalue weighted by Gasteiger charge is -1.96. The molecule has 3 rings (SSSR count). The van der Waals surface area contributed by atoms with Crippen LogP contribution in [0.3, 0.4) is 0 Å². The van der Waals surface area contributed by atoms with Crippen molar-refractivity contribution in [3.05, 3.63) is 46.3 Å². The quantitative estimate of drug-likeness (QED) is 0.376. The van der Waals surface area contributed by atoms with E-state index in [9.17, 15) is 14.9 Å². The number of nitrogens with one attached hydrogen (secondary N) is 3. The molecule has 0 spiro atoms. The number of aryl methyl sites for hydroxylation is 1. The van der Waals surface area contributed by atoms with Crippen LogP contribution in [0.15, 0.2) is 30.5 Å². The molecule has 0 saturated carbocycles. The minimum atomic E-state index is -0.663. The van der Waals surface area contributed by atoms with Crippen molar-refractivity contribution in [1.82, 2.24) is 15.2 Å². The Labute approximate surface area is 117 Å². The van der Waals surface area contributed by atoms with Crippen LogP contribution in [0.2, 0.25) is 0 Å². The number of amides is 1. The normalized spacial score (nSPS) is 10.7. The number of nitro groups is 1. The summed E-state index contributed by atoms with van der Waals surface area (Å²) in [6.07, 6.45) is 1.00. The van der Waals surface area contributed by atoms with Crippen LogP contribution in [0.1, 0.15) is 10.5 Å². The van der Waals surface area contributed by atoms with Gasteiger partial charge in [0.2, 0.25) is 5.69 Å². The summed E-state index contributed by atoms with van der Waals surface area (Å²) in [4.78, 5) is 25.3. The second-order valence-corrected chi connectivity index (χ2v) is 4.39. The maximum atomic E-state index is 12.1. The highest BCUT2D eigenvalue weighted by Crippen LogP contribution is 2.16. The third-order valence-electron chi connectivity index (χ3n) is 3.13. The average molecular weight is 287 g/mol. The number of carbonyl (C=O) groups excluding carboxylic acids is 1. The molecule has 1 amide bonds. The van der Waals surface area contributed by atoms with Crippen molar-refractivity contribution in [2.24, 2.45) is 7.05 Å². The van der Waals surface area contributed by atoms with E-state index in [2.05, 4.69) is 20.5 Å².